The van der Waals surface area contributed by atoms with Gasteiger partial charge in [0.15, 0.2) is 11.5 Å². The van der Waals surface area contributed by atoms with Gasteiger partial charge in [-0.15, -0.1) is 16.7 Å². The smallest absolute Gasteiger partial charge is 0.226 e. The number of rotatable bonds is 6. The Bertz CT molecular complexity index is 1220. The number of ether oxygens (including phenoxy) is 1. The van der Waals surface area contributed by atoms with E-state index in [1.165, 1.54) is 5.56 Å². The number of nitrogens with zero attached hydrogens (tertiary/aromatic N) is 5. The predicted molar refractivity (Wildman–Crippen MR) is 112 cm³/mol. The fourth-order valence-corrected chi connectivity index (χ4v) is 3.38. The van der Waals surface area contributed by atoms with Crippen molar-refractivity contribution < 1.29 is 4.74 Å². The Morgan fingerprint density at radius 3 is 2.76 bits per heavy atom. The van der Waals surface area contributed by atoms with E-state index in [1.807, 2.05) is 24.3 Å². The lowest BCUT2D eigenvalue weighted by Gasteiger charge is -2.11. The predicted octanol–water partition coefficient (Wildman–Crippen LogP) is 4.07. The van der Waals surface area contributed by atoms with Crippen molar-refractivity contribution in [3.8, 4) is 11.8 Å². The van der Waals surface area contributed by atoms with Crippen LogP contribution < -0.4 is 10.1 Å². The lowest BCUT2D eigenvalue weighted by atomic mass is 10.1. The highest BCUT2D eigenvalue weighted by Gasteiger charge is 2.15. The molecule has 0 bridgehead atoms. The molecule has 4 aromatic rings. The second kappa shape index (κ2) is 7.94. The van der Waals surface area contributed by atoms with Crippen molar-refractivity contribution in [1.82, 2.24) is 19.6 Å². The topological polar surface area (TPSA) is 88.1 Å². The third-order valence-corrected chi connectivity index (χ3v) is 4.95. The van der Waals surface area contributed by atoms with Gasteiger partial charge in [0, 0.05) is 11.9 Å². The first-order valence-corrected chi connectivity index (χ1v) is 9.75. The number of anilines is 1. The number of fused-ring (bicyclic) bond motifs is 3. The summed E-state index contributed by atoms with van der Waals surface area (Å²) in [5, 5.41) is 18.0. The molecule has 29 heavy (non-hydrogen) atoms. The van der Waals surface area contributed by atoms with Gasteiger partial charge in [0.1, 0.15) is 11.8 Å². The maximum Gasteiger partial charge on any atom is 0.226 e. The van der Waals surface area contributed by atoms with Gasteiger partial charge in [0.2, 0.25) is 5.95 Å². The summed E-state index contributed by atoms with van der Waals surface area (Å²) in [5.74, 6) is 2.01. The van der Waals surface area contributed by atoms with Crippen LogP contribution in [0.2, 0.25) is 0 Å². The zero-order chi connectivity index (χ0) is 20.4. The number of nitriles is 1. The second-order valence-electron chi connectivity index (χ2n) is 6.54. The number of aromatic nitrogens is 4. The van der Waals surface area contributed by atoms with Crippen molar-refractivity contribution >= 4 is 34.1 Å². The number of nitrogens with one attached hydrogen (secondary N) is 1. The van der Waals surface area contributed by atoms with E-state index >= 15 is 0 Å². The van der Waals surface area contributed by atoms with E-state index in [4.69, 9.17) is 16.3 Å². The summed E-state index contributed by atoms with van der Waals surface area (Å²) < 4.78 is 7.04. The van der Waals surface area contributed by atoms with Gasteiger partial charge >= 0.3 is 0 Å². The zero-order valence-corrected chi connectivity index (χ0v) is 16.9. The Kier molecular flexibility index (Phi) is 5.19. The van der Waals surface area contributed by atoms with Crippen LogP contribution in [0.1, 0.15) is 29.4 Å². The summed E-state index contributed by atoms with van der Waals surface area (Å²) >= 11 is 5.95. The lowest BCUT2D eigenvalue weighted by Crippen LogP contribution is -2.09. The van der Waals surface area contributed by atoms with Crippen molar-refractivity contribution in [1.29, 1.82) is 5.26 Å². The molecule has 0 atom stereocenters. The normalized spacial score (nSPS) is 11.0. The van der Waals surface area contributed by atoms with E-state index in [0.717, 1.165) is 23.1 Å². The van der Waals surface area contributed by atoms with Crippen molar-refractivity contribution in [3.05, 3.63) is 58.9 Å². The van der Waals surface area contributed by atoms with Gasteiger partial charge in [-0.25, -0.2) is 9.97 Å². The SMILES string of the molecule is CCc1cc(CNc2nc3c(C#N)cccc3c3nc(CCl)nn23)cc(OC)c1. The van der Waals surface area contributed by atoms with E-state index in [0.29, 0.717) is 35.0 Å². The fourth-order valence-electron chi connectivity index (χ4n) is 3.27. The van der Waals surface area contributed by atoms with Crippen LogP contribution in [0.3, 0.4) is 0 Å². The van der Waals surface area contributed by atoms with Gasteiger partial charge in [-0.1, -0.05) is 19.1 Å². The quantitative estimate of drug-likeness (QED) is 0.485. The minimum Gasteiger partial charge on any atom is -0.497 e. The number of hydrogen-bond donors (Lipinski definition) is 1. The zero-order valence-electron chi connectivity index (χ0n) is 16.1. The molecule has 0 aliphatic rings. The summed E-state index contributed by atoms with van der Waals surface area (Å²) in [7, 11) is 1.66. The largest absolute Gasteiger partial charge is 0.497 e. The molecule has 0 unspecified atom stereocenters. The molecular weight excluding hydrogens is 388 g/mol. The van der Waals surface area contributed by atoms with E-state index < -0.39 is 0 Å². The highest BCUT2D eigenvalue weighted by molar-refractivity contribution is 6.16. The number of alkyl halides is 1. The molecule has 2 aromatic heterocycles. The van der Waals surface area contributed by atoms with Crippen LogP contribution in [-0.2, 0) is 18.8 Å². The summed E-state index contributed by atoms with van der Waals surface area (Å²) in [6.45, 7) is 2.62. The van der Waals surface area contributed by atoms with Gasteiger partial charge in [-0.2, -0.15) is 9.78 Å². The van der Waals surface area contributed by atoms with Crippen LogP contribution in [-0.4, -0.2) is 26.7 Å². The van der Waals surface area contributed by atoms with Gasteiger partial charge in [-0.05, 0) is 41.8 Å². The van der Waals surface area contributed by atoms with E-state index in [9.17, 15) is 5.26 Å². The Hall–Kier alpha value is -3.37. The molecule has 2 aromatic carbocycles. The Morgan fingerprint density at radius 2 is 2.03 bits per heavy atom. The number of methoxy groups -OCH3 is 1. The van der Waals surface area contributed by atoms with E-state index in [2.05, 4.69) is 39.4 Å². The molecule has 0 aliphatic heterocycles. The minimum atomic E-state index is 0.191. The third kappa shape index (κ3) is 3.55. The average Bonchev–Trinajstić information content (AvgIpc) is 3.21. The maximum absolute atomic E-state index is 9.48. The molecule has 0 amide bonds. The lowest BCUT2D eigenvalue weighted by molar-refractivity contribution is 0.414. The second-order valence-corrected chi connectivity index (χ2v) is 6.81. The van der Waals surface area contributed by atoms with E-state index in [1.54, 1.807) is 17.7 Å². The molecule has 146 valence electrons. The summed E-state index contributed by atoms with van der Waals surface area (Å²) in [4.78, 5) is 9.19. The Labute approximate surface area is 172 Å². The number of hydrogen-bond acceptors (Lipinski definition) is 6. The molecule has 0 spiro atoms. The highest BCUT2D eigenvalue weighted by atomic mass is 35.5. The minimum absolute atomic E-state index is 0.191. The molecule has 0 aliphatic carbocycles. The molecule has 0 fully saturated rings. The molecule has 2 heterocycles. The van der Waals surface area contributed by atoms with Gasteiger partial charge in [0.05, 0.1) is 24.1 Å². The summed E-state index contributed by atoms with van der Waals surface area (Å²) in [6, 6.07) is 13.8. The number of para-hydroxylation sites is 1. The van der Waals surface area contributed by atoms with Crippen LogP contribution >= 0.6 is 11.6 Å². The number of halogens is 1. The summed E-state index contributed by atoms with van der Waals surface area (Å²) in [6.07, 6.45) is 0.913. The van der Waals surface area contributed by atoms with Crippen molar-refractivity contribution in [2.45, 2.75) is 25.8 Å². The monoisotopic (exact) mass is 406 g/mol. The first kappa shape index (κ1) is 19.0. The average molecular weight is 407 g/mol. The molecule has 4 rings (SSSR count). The van der Waals surface area contributed by atoms with Crippen LogP contribution in [0, 0.1) is 11.3 Å². The highest BCUT2D eigenvalue weighted by Crippen LogP contribution is 2.25. The van der Waals surface area contributed by atoms with Gasteiger partial charge in [-0.3, -0.25) is 0 Å². The fraction of sp³-hybridized carbons (Fsp3) is 0.238. The van der Waals surface area contributed by atoms with Crippen LogP contribution in [0.5, 0.6) is 5.75 Å². The number of aryl methyl sites for hydroxylation is 1. The number of benzene rings is 2. The Balaban J connectivity index is 1.80. The van der Waals surface area contributed by atoms with E-state index in [-0.39, 0.29) is 5.88 Å². The van der Waals surface area contributed by atoms with Crippen LogP contribution in [0.4, 0.5) is 5.95 Å². The third-order valence-electron chi connectivity index (χ3n) is 4.71. The summed E-state index contributed by atoms with van der Waals surface area (Å²) in [5.41, 5.74) is 3.93. The van der Waals surface area contributed by atoms with Crippen molar-refractivity contribution in [2.75, 3.05) is 12.4 Å². The molecular formula is C21H19ClN6O. The molecule has 0 saturated carbocycles. The molecule has 8 heteroatoms. The Morgan fingerprint density at radius 1 is 1.21 bits per heavy atom. The van der Waals surface area contributed by atoms with Crippen LogP contribution in [0.25, 0.3) is 16.6 Å². The molecule has 7 nitrogen and oxygen atoms in total. The first-order chi connectivity index (χ1) is 14.2. The standard InChI is InChI=1S/C21H19ClN6O/c1-3-13-7-14(9-16(8-13)29-2)12-24-21-26-19-15(11-23)5-4-6-17(19)20-25-18(10-22)27-28(20)21/h4-9H,3,10,12H2,1-2H3,(H,24,26). The van der Waals surface area contributed by atoms with Crippen LogP contribution in [0.15, 0.2) is 36.4 Å². The maximum atomic E-state index is 9.48. The van der Waals surface area contributed by atoms with Gasteiger partial charge in [0.25, 0.3) is 0 Å². The van der Waals surface area contributed by atoms with Gasteiger partial charge < -0.3 is 10.1 Å². The van der Waals surface area contributed by atoms with Crippen molar-refractivity contribution in [2.24, 2.45) is 0 Å². The molecule has 0 saturated heterocycles. The first-order valence-electron chi connectivity index (χ1n) is 9.22. The van der Waals surface area contributed by atoms with Crippen molar-refractivity contribution in [3.63, 3.8) is 0 Å². The molecule has 0 radical (unpaired) electrons. The molecule has 1 N–H and O–H groups in total.